The molecule has 5 nitrogen and oxygen atoms in total. The Morgan fingerprint density at radius 3 is 2.36 bits per heavy atom. The zero-order valence-corrected chi connectivity index (χ0v) is 14.2. The molecule has 0 spiro atoms. The molecule has 0 bridgehead atoms. The molecule has 0 radical (unpaired) electrons. The van der Waals surface area contributed by atoms with E-state index in [1.165, 1.54) is 38.4 Å². The first-order chi connectivity index (χ1) is 11.9. The van der Waals surface area contributed by atoms with Crippen LogP contribution in [0.5, 0.6) is 5.75 Å². The summed E-state index contributed by atoms with van der Waals surface area (Å²) < 4.78 is 18.3. The number of hydrogen-bond acceptors (Lipinski definition) is 4. The van der Waals surface area contributed by atoms with Gasteiger partial charge in [0.05, 0.1) is 17.7 Å². The lowest BCUT2D eigenvalue weighted by atomic mass is 10.0. The van der Waals surface area contributed by atoms with E-state index in [1.807, 2.05) is 0 Å². The Morgan fingerprint density at radius 2 is 1.76 bits per heavy atom. The minimum atomic E-state index is -0.476. The van der Waals surface area contributed by atoms with Gasteiger partial charge in [-0.3, -0.25) is 14.5 Å². The van der Waals surface area contributed by atoms with Crippen molar-refractivity contribution in [3.8, 4) is 5.75 Å². The van der Waals surface area contributed by atoms with E-state index in [0.717, 1.165) is 4.90 Å². The molecule has 1 aliphatic rings. The third-order valence-corrected chi connectivity index (χ3v) is 4.14. The third kappa shape index (κ3) is 3.08. The lowest BCUT2D eigenvalue weighted by molar-refractivity contribution is -0.135. The molecule has 1 aliphatic heterocycles. The summed E-state index contributed by atoms with van der Waals surface area (Å²) >= 11 is 6.09. The van der Waals surface area contributed by atoms with Crippen LogP contribution >= 0.6 is 11.6 Å². The molecule has 1 N–H and O–H groups in total. The van der Waals surface area contributed by atoms with Crippen LogP contribution in [-0.4, -0.2) is 30.9 Å². The average Bonchev–Trinajstić information content (AvgIpc) is 2.80. The maximum Gasteiger partial charge on any atom is 0.277 e. The van der Waals surface area contributed by atoms with Crippen molar-refractivity contribution in [2.75, 3.05) is 19.5 Å². The Bertz CT molecular complexity index is 894. The number of carbonyl (C=O) groups excluding carboxylic acids is 2. The van der Waals surface area contributed by atoms with E-state index < -0.39 is 17.6 Å². The van der Waals surface area contributed by atoms with Crippen molar-refractivity contribution in [2.45, 2.75) is 0 Å². The van der Waals surface area contributed by atoms with E-state index in [1.54, 1.807) is 18.2 Å². The number of benzene rings is 2. The number of anilines is 1. The Hall–Kier alpha value is -2.86. The fourth-order valence-electron chi connectivity index (χ4n) is 2.53. The van der Waals surface area contributed by atoms with Crippen LogP contribution in [0.4, 0.5) is 10.1 Å². The lowest BCUT2D eigenvalue weighted by Crippen LogP contribution is -2.27. The molecule has 1 heterocycles. The molecule has 0 aromatic heterocycles. The van der Waals surface area contributed by atoms with Crippen LogP contribution < -0.4 is 10.1 Å². The van der Waals surface area contributed by atoms with E-state index in [0.29, 0.717) is 22.0 Å². The zero-order chi connectivity index (χ0) is 18.1. The number of likely N-dealkylation sites (N-methyl/N-ethyl adjacent to an activating group) is 1. The van der Waals surface area contributed by atoms with E-state index in [-0.39, 0.29) is 11.3 Å². The molecule has 0 unspecified atom stereocenters. The summed E-state index contributed by atoms with van der Waals surface area (Å²) in [6.45, 7) is 0. The van der Waals surface area contributed by atoms with Crippen LogP contribution in [-0.2, 0) is 9.59 Å². The van der Waals surface area contributed by atoms with Gasteiger partial charge < -0.3 is 10.1 Å². The van der Waals surface area contributed by atoms with Crippen LogP contribution in [0.1, 0.15) is 5.56 Å². The van der Waals surface area contributed by atoms with Crippen molar-refractivity contribution in [2.24, 2.45) is 0 Å². The van der Waals surface area contributed by atoms with Gasteiger partial charge in [0.15, 0.2) is 0 Å². The van der Waals surface area contributed by atoms with Gasteiger partial charge in [0.25, 0.3) is 11.8 Å². The molecule has 7 heteroatoms. The molecule has 0 aliphatic carbocycles. The van der Waals surface area contributed by atoms with Gasteiger partial charge in [-0.2, -0.15) is 0 Å². The second-order valence-electron chi connectivity index (χ2n) is 5.40. The van der Waals surface area contributed by atoms with Gasteiger partial charge in [0.1, 0.15) is 17.3 Å². The average molecular weight is 361 g/mol. The SMILES string of the molecule is COc1ccc(NC2=C(c3ccc(F)cc3)C(=O)N(C)C2=O)cc1Cl. The topological polar surface area (TPSA) is 58.6 Å². The quantitative estimate of drug-likeness (QED) is 0.850. The van der Waals surface area contributed by atoms with E-state index >= 15 is 0 Å². The Balaban J connectivity index is 2.05. The summed E-state index contributed by atoms with van der Waals surface area (Å²) in [4.78, 5) is 25.9. The largest absolute Gasteiger partial charge is 0.495 e. The highest BCUT2D eigenvalue weighted by Crippen LogP contribution is 2.32. The van der Waals surface area contributed by atoms with Crippen molar-refractivity contribution in [1.82, 2.24) is 4.90 Å². The predicted octanol–water partition coefficient (Wildman–Crippen LogP) is 3.31. The maximum atomic E-state index is 13.2. The summed E-state index contributed by atoms with van der Waals surface area (Å²) in [5, 5.41) is 3.30. The minimum absolute atomic E-state index is 0.111. The minimum Gasteiger partial charge on any atom is -0.495 e. The molecular weight excluding hydrogens is 347 g/mol. The van der Waals surface area contributed by atoms with Crippen molar-refractivity contribution in [3.05, 3.63) is 64.6 Å². The van der Waals surface area contributed by atoms with Gasteiger partial charge in [0, 0.05) is 12.7 Å². The molecular formula is C18H14ClFN2O3. The first kappa shape index (κ1) is 17.0. The highest BCUT2D eigenvalue weighted by atomic mass is 35.5. The fourth-order valence-corrected chi connectivity index (χ4v) is 2.79. The molecule has 2 amide bonds. The molecule has 3 rings (SSSR count). The monoisotopic (exact) mass is 360 g/mol. The predicted molar refractivity (Wildman–Crippen MR) is 92.7 cm³/mol. The number of amides is 2. The van der Waals surface area contributed by atoms with Gasteiger partial charge in [-0.1, -0.05) is 23.7 Å². The van der Waals surface area contributed by atoms with Gasteiger partial charge in [0.2, 0.25) is 0 Å². The Kier molecular flexibility index (Phi) is 4.46. The number of hydrogen-bond donors (Lipinski definition) is 1. The highest BCUT2D eigenvalue weighted by Gasteiger charge is 2.36. The van der Waals surface area contributed by atoms with Crippen LogP contribution in [0.3, 0.4) is 0 Å². The summed E-state index contributed by atoms with van der Waals surface area (Å²) in [6.07, 6.45) is 0. The third-order valence-electron chi connectivity index (χ3n) is 3.84. The smallest absolute Gasteiger partial charge is 0.277 e. The number of ether oxygens (including phenoxy) is 1. The first-order valence-electron chi connectivity index (χ1n) is 7.35. The summed E-state index contributed by atoms with van der Waals surface area (Å²) in [5.41, 5.74) is 1.27. The number of carbonyl (C=O) groups is 2. The van der Waals surface area contributed by atoms with E-state index in [2.05, 4.69) is 5.32 Å². The van der Waals surface area contributed by atoms with Crippen LogP contribution in [0.25, 0.3) is 5.57 Å². The van der Waals surface area contributed by atoms with E-state index in [4.69, 9.17) is 16.3 Å². The molecule has 25 heavy (non-hydrogen) atoms. The Labute approximate surface area is 148 Å². The van der Waals surface area contributed by atoms with Crippen LogP contribution in [0.15, 0.2) is 48.2 Å². The molecule has 0 saturated carbocycles. The molecule has 2 aromatic rings. The Morgan fingerprint density at radius 1 is 1.08 bits per heavy atom. The summed E-state index contributed by atoms with van der Waals surface area (Å²) in [7, 11) is 2.89. The molecule has 128 valence electrons. The van der Waals surface area contributed by atoms with Crippen molar-refractivity contribution < 1.29 is 18.7 Å². The second kappa shape index (κ2) is 6.57. The van der Waals surface area contributed by atoms with Crippen molar-refractivity contribution >= 4 is 34.7 Å². The van der Waals surface area contributed by atoms with Crippen molar-refractivity contribution in [1.29, 1.82) is 0 Å². The van der Waals surface area contributed by atoms with Crippen molar-refractivity contribution in [3.63, 3.8) is 0 Å². The first-order valence-corrected chi connectivity index (χ1v) is 7.73. The van der Waals surface area contributed by atoms with Gasteiger partial charge in [-0.05, 0) is 35.9 Å². The lowest BCUT2D eigenvalue weighted by Gasteiger charge is -2.10. The molecule has 0 saturated heterocycles. The normalized spacial score (nSPS) is 14.3. The maximum absolute atomic E-state index is 13.2. The van der Waals surface area contributed by atoms with Gasteiger partial charge in [-0.25, -0.2) is 4.39 Å². The highest BCUT2D eigenvalue weighted by molar-refractivity contribution is 6.36. The van der Waals surface area contributed by atoms with Gasteiger partial charge >= 0.3 is 0 Å². The standard InChI is InChI=1S/C18H14ClFN2O3/c1-22-17(23)15(10-3-5-11(20)6-4-10)16(18(22)24)21-12-7-8-14(25-2)13(19)9-12/h3-9,21H,1-2H3. The number of methoxy groups -OCH3 is 1. The fraction of sp³-hybridized carbons (Fsp3) is 0.111. The van der Waals surface area contributed by atoms with Gasteiger partial charge in [-0.15, -0.1) is 0 Å². The molecule has 0 fully saturated rings. The number of nitrogens with zero attached hydrogens (tertiary/aromatic N) is 1. The number of imide groups is 1. The summed E-state index contributed by atoms with van der Waals surface area (Å²) in [5.74, 6) is -0.869. The van der Waals surface area contributed by atoms with Crippen LogP contribution in [0, 0.1) is 5.82 Å². The molecule has 0 atom stereocenters. The van der Waals surface area contributed by atoms with Crippen LogP contribution in [0.2, 0.25) is 5.02 Å². The number of nitrogens with one attached hydrogen (secondary N) is 1. The number of halogens is 2. The zero-order valence-electron chi connectivity index (χ0n) is 13.5. The second-order valence-corrected chi connectivity index (χ2v) is 5.81. The van der Waals surface area contributed by atoms with E-state index in [9.17, 15) is 14.0 Å². The number of rotatable bonds is 4. The summed E-state index contributed by atoms with van der Waals surface area (Å²) in [6, 6.07) is 10.3. The molecule has 2 aromatic carbocycles.